The van der Waals surface area contributed by atoms with Crippen LogP contribution in [0, 0.1) is 0 Å². The maximum absolute atomic E-state index is 12.8. The summed E-state index contributed by atoms with van der Waals surface area (Å²) in [5.41, 5.74) is 5.80. The van der Waals surface area contributed by atoms with Crippen LogP contribution in [0.4, 0.5) is 5.69 Å². The number of esters is 1. The van der Waals surface area contributed by atoms with Crippen molar-refractivity contribution in [2.45, 2.75) is 77.0 Å². The molecule has 8 nitrogen and oxygen atoms in total. The predicted octanol–water partition coefficient (Wildman–Crippen LogP) is 9.07. The van der Waals surface area contributed by atoms with Crippen molar-refractivity contribution >= 4 is 35.1 Å². The Hall–Kier alpha value is -4.76. The number of carbonyl (C=O) groups is 1. The van der Waals surface area contributed by atoms with Gasteiger partial charge in [-0.15, -0.1) is 10.2 Å². The number of nitrogens with zero attached hydrogens (tertiary/aromatic N) is 6. The SMILES string of the molecule is CCCCCCCCOC(=O)c1ccc(-c2nn3c(-c4ccccn4)nnc3c2=CC(C)=CC=C2Sc3ccccc3N2CCCC)cc1. The number of hydrogen-bond acceptors (Lipinski definition) is 8. The van der Waals surface area contributed by atoms with Crippen LogP contribution in [0.15, 0.2) is 101 Å². The van der Waals surface area contributed by atoms with Crippen molar-refractivity contribution in [3.63, 3.8) is 0 Å². The third-order valence-corrected chi connectivity index (χ3v) is 9.72. The number of pyridine rings is 1. The first-order valence-corrected chi connectivity index (χ1v) is 18.3. The van der Waals surface area contributed by atoms with E-state index in [1.165, 1.54) is 41.3 Å². The molecular weight excluding hydrogens is 629 g/mol. The number of fused-ring (bicyclic) bond motifs is 2. The molecule has 9 heteroatoms. The molecule has 0 N–H and O–H groups in total. The molecule has 6 rings (SSSR count). The molecule has 0 fully saturated rings. The van der Waals surface area contributed by atoms with E-state index in [-0.39, 0.29) is 5.97 Å². The molecule has 3 aromatic heterocycles. The Morgan fingerprint density at radius 2 is 1.65 bits per heavy atom. The number of para-hydroxylation sites is 1. The van der Waals surface area contributed by atoms with Gasteiger partial charge in [-0.25, -0.2) is 4.79 Å². The third-order valence-electron chi connectivity index (χ3n) is 8.59. The highest BCUT2D eigenvalue weighted by Gasteiger charge is 2.24. The van der Waals surface area contributed by atoms with Gasteiger partial charge in [0.25, 0.3) is 0 Å². The summed E-state index contributed by atoms with van der Waals surface area (Å²) in [7, 11) is 0. The number of unbranched alkanes of at least 4 members (excludes halogenated alkanes) is 6. The highest BCUT2D eigenvalue weighted by atomic mass is 32.2. The smallest absolute Gasteiger partial charge is 0.338 e. The average Bonchev–Trinajstić information content (AvgIpc) is 3.82. The van der Waals surface area contributed by atoms with E-state index in [0.717, 1.165) is 54.3 Å². The summed E-state index contributed by atoms with van der Waals surface area (Å²) in [6.07, 6.45) is 17.4. The minimum Gasteiger partial charge on any atom is -0.462 e. The summed E-state index contributed by atoms with van der Waals surface area (Å²) < 4.78 is 7.33. The van der Waals surface area contributed by atoms with Crippen LogP contribution < -0.4 is 10.1 Å². The number of anilines is 1. The molecule has 0 unspecified atom stereocenters. The molecule has 2 aromatic carbocycles. The standard InChI is InChI=1S/C40H44N6O2S/c1-4-6-8-9-10-15-27-48-40(47)31-22-20-30(21-23-31)37-32(38-42-43-39(46(38)44-37)33-16-13-14-25-41-33)28-29(3)19-24-36-45(26-7-5-2)34-17-11-12-18-35(34)49-36/h11-14,16-25,28H,4-10,15,26-27H2,1-3H3. The summed E-state index contributed by atoms with van der Waals surface area (Å²) in [5, 5.41) is 16.1. The van der Waals surface area contributed by atoms with Crippen LogP contribution >= 0.6 is 11.8 Å². The molecule has 0 radical (unpaired) electrons. The van der Waals surface area contributed by atoms with Crippen LogP contribution in [0.5, 0.6) is 0 Å². The van der Waals surface area contributed by atoms with Crippen LogP contribution in [0.2, 0.25) is 0 Å². The van der Waals surface area contributed by atoms with Gasteiger partial charge in [-0.2, -0.15) is 9.61 Å². The molecule has 1 aliphatic heterocycles. The van der Waals surface area contributed by atoms with Crippen molar-refractivity contribution in [3.8, 4) is 22.8 Å². The second-order valence-corrected chi connectivity index (χ2v) is 13.4. The fourth-order valence-electron chi connectivity index (χ4n) is 5.90. The van der Waals surface area contributed by atoms with Crippen molar-refractivity contribution in [1.82, 2.24) is 24.8 Å². The van der Waals surface area contributed by atoms with E-state index >= 15 is 0 Å². The molecule has 0 aliphatic carbocycles. The molecule has 0 saturated carbocycles. The number of rotatable bonds is 15. The Bertz CT molecular complexity index is 1980. The van der Waals surface area contributed by atoms with Gasteiger partial charge in [0.1, 0.15) is 11.4 Å². The number of allylic oxidation sites excluding steroid dienone is 3. The van der Waals surface area contributed by atoms with E-state index in [4.69, 9.17) is 9.84 Å². The van der Waals surface area contributed by atoms with Crippen LogP contribution in [-0.2, 0) is 4.74 Å². The Labute approximate surface area is 293 Å². The number of benzene rings is 2. The highest BCUT2D eigenvalue weighted by Crippen LogP contribution is 2.45. The molecule has 0 bridgehead atoms. The zero-order chi connectivity index (χ0) is 34.0. The zero-order valence-electron chi connectivity index (χ0n) is 28.6. The second kappa shape index (κ2) is 16.6. The van der Waals surface area contributed by atoms with Crippen molar-refractivity contribution in [2.24, 2.45) is 0 Å². The highest BCUT2D eigenvalue weighted by molar-refractivity contribution is 8.03. The molecule has 0 saturated heterocycles. The molecule has 49 heavy (non-hydrogen) atoms. The van der Waals surface area contributed by atoms with Crippen molar-refractivity contribution < 1.29 is 9.53 Å². The predicted molar refractivity (Wildman–Crippen MR) is 199 cm³/mol. The lowest BCUT2D eigenvalue weighted by molar-refractivity contribution is 0.0497. The lowest BCUT2D eigenvalue weighted by Crippen LogP contribution is -2.18. The molecule has 0 atom stereocenters. The minimum absolute atomic E-state index is 0.300. The van der Waals surface area contributed by atoms with Crippen LogP contribution in [0.3, 0.4) is 0 Å². The Balaban J connectivity index is 1.29. The summed E-state index contributed by atoms with van der Waals surface area (Å²) in [5.74, 6) is 0.271. The van der Waals surface area contributed by atoms with E-state index in [1.807, 2.05) is 42.5 Å². The van der Waals surface area contributed by atoms with Gasteiger partial charge < -0.3 is 9.64 Å². The molecule has 0 spiro atoms. The fourth-order valence-corrected chi connectivity index (χ4v) is 6.99. The van der Waals surface area contributed by atoms with Gasteiger partial charge in [0.2, 0.25) is 5.82 Å². The van der Waals surface area contributed by atoms with Gasteiger partial charge in [-0.1, -0.05) is 106 Å². The maximum atomic E-state index is 12.8. The first-order valence-electron chi connectivity index (χ1n) is 17.5. The Morgan fingerprint density at radius 3 is 2.45 bits per heavy atom. The van der Waals surface area contributed by atoms with Crippen molar-refractivity contribution in [2.75, 3.05) is 18.1 Å². The molecule has 252 valence electrons. The molecule has 0 amide bonds. The van der Waals surface area contributed by atoms with Crippen LogP contribution in [0.1, 0.15) is 82.5 Å². The zero-order valence-corrected chi connectivity index (χ0v) is 29.5. The number of ether oxygens (including phenoxy) is 1. The van der Waals surface area contributed by atoms with Crippen molar-refractivity contribution in [3.05, 3.63) is 106 Å². The normalized spacial score (nSPS) is 14.3. The second-order valence-electron chi connectivity index (χ2n) is 12.4. The van der Waals surface area contributed by atoms with Crippen LogP contribution in [-0.4, -0.2) is 43.9 Å². The lowest BCUT2D eigenvalue weighted by atomic mass is 10.1. The van der Waals surface area contributed by atoms with Gasteiger partial charge >= 0.3 is 5.97 Å². The van der Waals surface area contributed by atoms with Crippen molar-refractivity contribution in [1.29, 1.82) is 0 Å². The van der Waals surface area contributed by atoms with E-state index in [1.54, 1.807) is 22.5 Å². The summed E-state index contributed by atoms with van der Waals surface area (Å²) >= 11 is 1.81. The van der Waals surface area contributed by atoms with Gasteiger partial charge in [0, 0.05) is 28.4 Å². The number of carbonyl (C=O) groups excluding carboxylic acids is 1. The van der Waals surface area contributed by atoms with E-state index in [2.05, 4.69) is 83.3 Å². The number of hydrogen-bond donors (Lipinski definition) is 0. The Kier molecular flexibility index (Phi) is 11.5. The molecule has 5 aromatic rings. The first-order chi connectivity index (χ1) is 24.1. The number of aromatic nitrogens is 5. The lowest BCUT2D eigenvalue weighted by Gasteiger charge is -2.19. The van der Waals surface area contributed by atoms with Gasteiger partial charge in [-0.3, -0.25) is 4.98 Å². The topological polar surface area (TPSA) is 85.5 Å². The number of thioether (sulfide) groups is 1. The van der Waals surface area contributed by atoms with E-state index < -0.39 is 0 Å². The monoisotopic (exact) mass is 672 g/mol. The maximum Gasteiger partial charge on any atom is 0.338 e. The quantitative estimate of drug-likeness (QED) is 0.0805. The fraction of sp³-hybridized carbons (Fsp3) is 0.325. The van der Waals surface area contributed by atoms with E-state index in [9.17, 15) is 4.79 Å². The average molecular weight is 673 g/mol. The van der Waals surface area contributed by atoms with Gasteiger partial charge in [-0.05, 0) is 68.3 Å². The third kappa shape index (κ3) is 8.11. The first kappa shape index (κ1) is 34.1. The molecule has 1 aliphatic rings. The summed E-state index contributed by atoms with van der Waals surface area (Å²) in [6.45, 7) is 7.96. The molecule has 4 heterocycles. The summed E-state index contributed by atoms with van der Waals surface area (Å²) in [4.78, 5) is 21.0. The largest absolute Gasteiger partial charge is 0.462 e. The Morgan fingerprint density at radius 1 is 0.878 bits per heavy atom. The van der Waals surface area contributed by atoms with Gasteiger partial charge in [0.15, 0.2) is 5.65 Å². The van der Waals surface area contributed by atoms with E-state index in [0.29, 0.717) is 29.3 Å². The van der Waals surface area contributed by atoms with Gasteiger partial charge in [0.05, 0.1) is 22.9 Å². The minimum atomic E-state index is -0.300. The molecular formula is C40H44N6O2S. The van der Waals surface area contributed by atoms with Crippen LogP contribution in [0.25, 0.3) is 34.5 Å². The summed E-state index contributed by atoms with van der Waals surface area (Å²) in [6, 6.07) is 21.8.